The number of rotatable bonds is 2. The van der Waals surface area contributed by atoms with E-state index in [9.17, 15) is 14.7 Å². The summed E-state index contributed by atoms with van der Waals surface area (Å²) in [6, 6.07) is 6.67. The molecule has 0 saturated carbocycles. The fourth-order valence-corrected chi connectivity index (χ4v) is 2.86. The summed E-state index contributed by atoms with van der Waals surface area (Å²) in [6.07, 6.45) is 5.27. The van der Waals surface area contributed by atoms with Crippen LogP contribution in [0.25, 0.3) is 0 Å². The maximum absolute atomic E-state index is 12.2. The summed E-state index contributed by atoms with van der Waals surface area (Å²) in [7, 11) is 0. The van der Waals surface area contributed by atoms with Gasteiger partial charge in [-0.2, -0.15) is 0 Å². The lowest BCUT2D eigenvalue weighted by molar-refractivity contribution is -0.140. The molecule has 2 atom stereocenters. The predicted molar refractivity (Wildman–Crippen MR) is 69.0 cm³/mol. The van der Waals surface area contributed by atoms with Crippen molar-refractivity contribution in [2.75, 3.05) is 0 Å². The smallest absolute Gasteiger partial charge is 0.233 e. The minimum Gasteiger partial charge on any atom is -0.508 e. The molecule has 98 valence electrons. The molecule has 0 aromatic heterocycles. The summed E-state index contributed by atoms with van der Waals surface area (Å²) in [5.74, 6) is -0.384. The van der Waals surface area contributed by atoms with E-state index in [4.69, 9.17) is 0 Å². The molecule has 1 aromatic carbocycles. The number of benzene rings is 1. The van der Waals surface area contributed by atoms with Crippen LogP contribution in [0.3, 0.4) is 0 Å². The average molecular weight is 257 g/mol. The molecule has 1 N–H and O–H groups in total. The van der Waals surface area contributed by atoms with Crippen molar-refractivity contribution in [2.24, 2.45) is 11.8 Å². The van der Waals surface area contributed by atoms with Gasteiger partial charge in [0.25, 0.3) is 0 Å². The number of amides is 2. The molecular formula is C15H15NO3. The Morgan fingerprint density at radius 3 is 2.32 bits per heavy atom. The lowest BCUT2D eigenvalue weighted by Gasteiger charge is -2.14. The topological polar surface area (TPSA) is 57.6 Å². The number of imide groups is 1. The highest BCUT2D eigenvalue weighted by Crippen LogP contribution is 2.35. The van der Waals surface area contributed by atoms with Crippen molar-refractivity contribution in [3.8, 4) is 5.75 Å². The van der Waals surface area contributed by atoms with E-state index < -0.39 is 0 Å². The molecule has 4 heteroatoms. The second-order valence-corrected chi connectivity index (χ2v) is 5.09. The Balaban J connectivity index is 1.82. The molecule has 0 bridgehead atoms. The van der Waals surface area contributed by atoms with Gasteiger partial charge >= 0.3 is 0 Å². The van der Waals surface area contributed by atoms with E-state index in [1.165, 1.54) is 4.90 Å². The summed E-state index contributed by atoms with van der Waals surface area (Å²) >= 11 is 0. The third-order valence-electron chi connectivity index (χ3n) is 3.85. The van der Waals surface area contributed by atoms with Gasteiger partial charge in [0, 0.05) is 0 Å². The van der Waals surface area contributed by atoms with Crippen molar-refractivity contribution in [1.29, 1.82) is 0 Å². The molecule has 0 unspecified atom stereocenters. The molecule has 0 radical (unpaired) electrons. The van der Waals surface area contributed by atoms with Crippen LogP contribution in [0.1, 0.15) is 18.4 Å². The zero-order valence-corrected chi connectivity index (χ0v) is 10.5. The molecule has 1 saturated heterocycles. The van der Waals surface area contributed by atoms with Crippen molar-refractivity contribution in [3.63, 3.8) is 0 Å². The molecule has 1 aliphatic heterocycles. The Kier molecular flexibility index (Phi) is 2.85. The van der Waals surface area contributed by atoms with Crippen LogP contribution in [-0.4, -0.2) is 21.8 Å². The molecule has 4 nitrogen and oxygen atoms in total. The van der Waals surface area contributed by atoms with Crippen LogP contribution in [0, 0.1) is 11.8 Å². The third kappa shape index (κ3) is 2.03. The first-order chi connectivity index (χ1) is 9.16. The summed E-state index contributed by atoms with van der Waals surface area (Å²) in [4.78, 5) is 25.8. The van der Waals surface area contributed by atoms with E-state index in [0.29, 0.717) is 12.8 Å². The minimum atomic E-state index is -0.185. The number of allylic oxidation sites excluding steroid dienone is 2. The van der Waals surface area contributed by atoms with Gasteiger partial charge in [0.05, 0.1) is 18.4 Å². The van der Waals surface area contributed by atoms with Gasteiger partial charge in [-0.25, -0.2) is 0 Å². The van der Waals surface area contributed by atoms with Gasteiger partial charge in [0.1, 0.15) is 5.75 Å². The number of likely N-dealkylation sites (tertiary alicyclic amines) is 1. The highest BCUT2D eigenvalue weighted by molar-refractivity contribution is 6.05. The lowest BCUT2D eigenvalue weighted by Crippen LogP contribution is -2.30. The van der Waals surface area contributed by atoms with Gasteiger partial charge < -0.3 is 5.11 Å². The largest absolute Gasteiger partial charge is 0.508 e. The summed E-state index contributed by atoms with van der Waals surface area (Å²) in [5.41, 5.74) is 0.772. The highest BCUT2D eigenvalue weighted by Gasteiger charge is 2.46. The molecule has 1 fully saturated rings. The summed E-state index contributed by atoms with van der Waals surface area (Å²) < 4.78 is 0. The second kappa shape index (κ2) is 4.53. The minimum absolute atomic E-state index is 0.0808. The fraction of sp³-hybridized carbons (Fsp3) is 0.333. The van der Waals surface area contributed by atoms with E-state index in [-0.39, 0.29) is 35.9 Å². The first-order valence-electron chi connectivity index (χ1n) is 6.45. The first-order valence-corrected chi connectivity index (χ1v) is 6.45. The van der Waals surface area contributed by atoms with Crippen LogP contribution in [-0.2, 0) is 16.1 Å². The molecule has 1 heterocycles. The molecule has 1 aromatic rings. The predicted octanol–water partition coefficient (Wildman–Crippen LogP) is 1.84. The van der Waals surface area contributed by atoms with Crippen LogP contribution in [0.15, 0.2) is 36.4 Å². The van der Waals surface area contributed by atoms with Crippen LogP contribution >= 0.6 is 0 Å². The first kappa shape index (κ1) is 12.0. The van der Waals surface area contributed by atoms with Crippen molar-refractivity contribution >= 4 is 11.8 Å². The van der Waals surface area contributed by atoms with Crippen molar-refractivity contribution in [3.05, 3.63) is 42.0 Å². The van der Waals surface area contributed by atoms with Gasteiger partial charge in [-0.15, -0.1) is 0 Å². The van der Waals surface area contributed by atoms with E-state index in [0.717, 1.165) is 5.56 Å². The molecule has 2 aliphatic rings. The normalized spacial score (nSPS) is 25.8. The summed E-state index contributed by atoms with van der Waals surface area (Å²) in [5, 5.41) is 9.43. The van der Waals surface area contributed by atoms with Gasteiger partial charge in [-0.1, -0.05) is 24.3 Å². The van der Waals surface area contributed by atoms with Crippen molar-refractivity contribution in [2.45, 2.75) is 19.4 Å². The average Bonchev–Trinajstić information content (AvgIpc) is 2.65. The fourth-order valence-electron chi connectivity index (χ4n) is 2.86. The lowest BCUT2D eigenvalue weighted by atomic mass is 9.85. The number of nitrogens with zero attached hydrogens (tertiary/aromatic N) is 1. The molecule has 3 rings (SSSR count). The van der Waals surface area contributed by atoms with Crippen LogP contribution < -0.4 is 0 Å². The van der Waals surface area contributed by atoms with Crippen molar-refractivity contribution < 1.29 is 14.7 Å². The van der Waals surface area contributed by atoms with Gasteiger partial charge in [0.15, 0.2) is 0 Å². The van der Waals surface area contributed by atoms with Crippen LogP contribution in [0.2, 0.25) is 0 Å². The van der Waals surface area contributed by atoms with Crippen molar-refractivity contribution in [1.82, 2.24) is 4.90 Å². The second-order valence-electron chi connectivity index (χ2n) is 5.09. The standard InChI is InChI=1S/C15H15NO3/c17-11-5-3-4-10(8-11)9-16-14(18)12-6-1-2-7-13(12)15(16)19/h1-5,8,12-13,17H,6-7,9H2/t12-,13+. The molecular weight excluding hydrogens is 242 g/mol. The quantitative estimate of drug-likeness (QED) is 0.649. The number of aromatic hydroxyl groups is 1. The molecule has 0 spiro atoms. The number of carbonyl (C=O) groups excluding carboxylic acids is 2. The SMILES string of the molecule is O=C1[C@H]2CC=CC[C@H]2C(=O)N1Cc1cccc(O)c1. The van der Waals surface area contributed by atoms with Crippen LogP contribution in [0.5, 0.6) is 5.75 Å². The number of fused-ring (bicyclic) bond motifs is 1. The van der Waals surface area contributed by atoms with E-state index in [2.05, 4.69) is 0 Å². The maximum atomic E-state index is 12.2. The monoisotopic (exact) mass is 257 g/mol. The Labute approximate surface area is 111 Å². The number of hydrogen-bond acceptors (Lipinski definition) is 3. The molecule has 19 heavy (non-hydrogen) atoms. The van der Waals surface area contributed by atoms with Gasteiger partial charge in [-0.05, 0) is 30.5 Å². The Bertz CT molecular complexity index is 538. The highest BCUT2D eigenvalue weighted by atomic mass is 16.3. The number of phenols is 1. The Morgan fingerprint density at radius 1 is 1.11 bits per heavy atom. The number of hydrogen-bond donors (Lipinski definition) is 1. The van der Waals surface area contributed by atoms with E-state index in [1.807, 2.05) is 12.2 Å². The molecule has 2 amide bonds. The Morgan fingerprint density at radius 2 is 1.74 bits per heavy atom. The Hall–Kier alpha value is -2.10. The maximum Gasteiger partial charge on any atom is 0.233 e. The number of carbonyl (C=O) groups is 2. The van der Waals surface area contributed by atoms with E-state index >= 15 is 0 Å². The van der Waals surface area contributed by atoms with Crippen LogP contribution in [0.4, 0.5) is 0 Å². The van der Waals surface area contributed by atoms with Gasteiger partial charge in [0.2, 0.25) is 11.8 Å². The summed E-state index contributed by atoms with van der Waals surface area (Å²) in [6.45, 7) is 0.249. The zero-order valence-electron chi connectivity index (χ0n) is 10.5. The molecule has 1 aliphatic carbocycles. The zero-order chi connectivity index (χ0) is 13.4. The van der Waals surface area contributed by atoms with E-state index in [1.54, 1.807) is 24.3 Å². The van der Waals surface area contributed by atoms with Gasteiger partial charge in [-0.3, -0.25) is 14.5 Å². The number of phenolic OH excluding ortho intramolecular Hbond substituents is 1. The third-order valence-corrected chi connectivity index (χ3v) is 3.85.